The highest BCUT2D eigenvalue weighted by molar-refractivity contribution is 5.99. The topological polar surface area (TPSA) is 65.6 Å². The number of fused-ring (bicyclic) bond motifs is 1. The van der Waals surface area contributed by atoms with Crippen molar-refractivity contribution in [3.63, 3.8) is 0 Å². The molecule has 3 aliphatic heterocycles. The van der Waals surface area contributed by atoms with Crippen LogP contribution in [0.15, 0.2) is 60.7 Å². The van der Waals surface area contributed by atoms with Gasteiger partial charge in [-0.3, -0.25) is 9.59 Å². The molecule has 3 aromatic rings. The minimum absolute atomic E-state index is 0.0653. The van der Waals surface area contributed by atoms with Crippen LogP contribution in [0.4, 0.5) is 0 Å². The molecule has 6 nitrogen and oxygen atoms in total. The van der Waals surface area contributed by atoms with Crippen LogP contribution in [0.3, 0.4) is 0 Å². The fourth-order valence-corrected chi connectivity index (χ4v) is 5.35. The number of amides is 2. The summed E-state index contributed by atoms with van der Waals surface area (Å²) >= 11 is 0. The van der Waals surface area contributed by atoms with Crippen LogP contribution in [-0.2, 0) is 9.53 Å². The summed E-state index contributed by atoms with van der Waals surface area (Å²) in [6.45, 7) is 1.06. The van der Waals surface area contributed by atoms with E-state index in [1.54, 1.807) is 0 Å². The molecule has 0 saturated carbocycles. The van der Waals surface area contributed by atoms with Crippen LogP contribution >= 0.6 is 0 Å². The number of aromatic amines is 1. The van der Waals surface area contributed by atoms with Crippen LogP contribution < -0.4 is 0 Å². The number of carbonyl (C=O) groups is 2. The smallest absolute Gasteiger partial charge is 0.270 e. The summed E-state index contributed by atoms with van der Waals surface area (Å²) in [6, 6.07) is 19.4. The molecule has 0 unspecified atom stereocenters. The molecule has 3 saturated heterocycles. The lowest BCUT2D eigenvalue weighted by Gasteiger charge is -2.33. The molecule has 6 rings (SSSR count). The second-order valence-electron chi connectivity index (χ2n) is 8.08. The average molecular weight is 387 g/mol. The molecule has 29 heavy (non-hydrogen) atoms. The van der Waals surface area contributed by atoms with Gasteiger partial charge in [0.1, 0.15) is 5.69 Å². The summed E-state index contributed by atoms with van der Waals surface area (Å²) in [6.07, 6.45) is 0.966. The van der Waals surface area contributed by atoms with E-state index in [4.69, 9.17) is 4.74 Å². The summed E-state index contributed by atoms with van der Waals surface area (Å²) < 4.78 is 6.30. The number of hydrogen-bond donors (Lipinski definition) is 1. The number of rotatable bonds is 2. The van der Waals surface area contributed by atoms with E-state index in [1.807, 2.05) is 70.5 Å². The van der Waals surface area contributed by atoms with Crippen LogP contribution in [0, 0.1) is 0 Å². The predicted molar refractivity (Wildman–Crippen MR) is 107 cm³/mol. The summed E-state index contributed by atoms with van der Waals surface area (Å²) in [7, 11) is 0. The zero-order chi connectivity index (χ0) is 19.6. The molecular formula is C23H21N3O3. The van der Waals surface area contributed by atoms with Crippen molar-refractivity contribution in [3.05, 3.63) is 71.9 Å². The number of benzene rings is 2. The summed E-state index contributed by atoms with van der Waals surface area (Å²) in [4.78, 5) is 33.3. The van der Waals surface area contributed by atoms with Crippen molar-refractivity contribution in [1.29, 1.82) is 0 Å². The van der Waals surface area contributed by atoms with Crippen molar-refractivity contribution >= 4 is 22.7 Å². The fraction of sp³-hybridized carbons (Fsp3) is 0.304. The maximum atomic E-state index is 13.3. The molecule has 0 bridgehead atoms. The Labute approximate surface area is 168 Å². The van der Waals surface area contributed by atoms with E-state index in [-0.39, 0.29) is 23.9 Å². The fourth-order valence-electron chi connectivity index (χ4n) is 5.35. The molecule has 2 amide bonds. The van der Waals surface area contributed by atoms with E-state index in [0.717, 1.165) is 16.5 Å². The highest BCUT2D eigenvalue weighted by Crippen LogP contribution is 2.51. The van der Waals surface area contributed by atoms with Gasteiger partial charge in [0.2, 0.25) is 5.91 Å². The molecular weight excluding hydrogens is 366 g/mol. The van der Waals surface area contributed by atoms with Gasteiger partial charge in [0.05, 0.1) is 25.1 Å². The zero-order valence-electron chi connectivity index (χ0n) is 15.9. The van der Waals surface area contributed by atoms with E-state index >= 15 is 0 Å². The Kier molecular flexibility index (Phi) is 3.44. The summed E-state index contributed by atoms with van der Waals surface area (Å²) in [5, 5.41) is 1.01. The van der Waals surface area contributed by atoms with Gasteiger partial charge in [0, 0.05) is 23.9 Å². The molecule has 6 heteroatoms. The van der Waals surface area contributed by atoms with Gasteiger partial charge in [-0.25, -0.2) is 0 Å². The molecule has 0 aliphatic carbocycles. The van der Waals surface area contributed by atoms with Crippen molar-refractivity contribution in [2.45, 2.75) is 30.7 Å². The maximum absolute atomic E-state index is 13.3. The number of likely N-dealkylation sites (tertiary alicyclic amines) is 1. The Morgan fingerprint density at radius 3 is 2.72 bits per heavy atom. The molecule has 1 spiro atoms. The first-order valence-corrected chi connectivity index (χ1v) is 10.1. The van der Waals surface area contributed by atoms with Crippen molar-refractivity contribution in [3.8, 4) is 0 Å². The standard InChI is InChI=1S/C23H21N3O3/c27-21-13-20-23(26(21)19(14-29-23)15-6-2-1-3-7-15)10-11-25(20)22(28)18-12-16-8-4-5-9-17(16)24-18/h1-9,12,19-20,24H,10-11,13-14H2/t19-,20+,23-/m0/s1. The van der Waals surface area contributed by atoms with Crippen LogP contribution in [0.1, 0.15) is 34.9 Å². The molecule has 3 fully saturated rings. The number of H-pyrrole nitrogens is 1. The van der Waals surface area contributed by atoms with Gasteiger partial charge in [-0.2, -0.15) is 0 Å². The summed E-state index contributed by atoms with van der Waals surface area (Å²) in [5.74, 6) is -0.0000130. The van der Waals surface area contributed by atoms with E-state index in [0.29, 0.717) is 31.7 Å². The molecule has 1 N–H and O–H groups in total. The van der Waals surface area contributed by atoms with E-state index in [2.05, 4.69) is 4.98 Å². The Morgan fingerprint density at radius 1 is 1.10 bits per heavy atom. The Balaban J connectivity index is 1.33. The normalized spacial score (nSPS) is 28.2. The zero-order valence-corrected chi connectivity index (χ0v) is 15.9. The Bertz CT molecular complexity index is 1090. The van der Waals surface area contributed by atoms with Gasteiger partial charge in [0.25, 0.3) is 5.91 Å². The second kappa shape index (κ2) is 5.94. The van der Waals surface area contributed by atoms with E-state index in [1.165, 1.54) is 0 Å². The number of hydrogen-bond acceptors (Lipinski definition) is 3. The van der Waals surface area contributed by atoms with Crippen LogP contribution in [0.5, 0.6) is 0 Å². The first-order valence-electron chi connectivity index (χ1n) is 10.1. The first kappa shape index (κ1) is 16.8. The number of para-hydroxylation sites is 1. The average Bonchev–Trinajstić information content (AvgIpc) is 3.48. The highest BCUT2D eigenvalue weighted by atomic mass is 16.5. The van der Waals surface area contributed by atoms with Crippen LogP contribution in [0.2, 0.25) is 0 Å². The number of nitrogens with one attached hydrogen (secondary N) is 1. The lowest BCUT2D eigenvalue weighted by Crippen LogP contribution is -2.49. The largest absolute Gasteiger partial charge is 0.351 e. The summed E-state index contributed by atoms with van der Waals surface area (Å²) in [5.41, 5.74) is 1.89. The number of aromatic nitrogens is 1. The molecule has 1 aromatic heterocycles. The minimum Gasteiger partial charge on any atom is -0.351 e. The van der Waals surface area contributed by atoms with Crippen molar-refractivity contribution in [2.24, 2.45) is 0 Å². The molecule has 146 valence electrons. The van der Waals surface area contributed by atoms with Gasteiger partial charge >= 0.3 is 0 Å². The SMILES string of the molecule is O=C(c1cc2ccccc2[nH]1)N1CC[C@@]23OC[C@@H](c4ccccc4)N2C(=O)C[C@@H]13. The molecule has 0 radical (unpaired) electrons. The third-order valence-electron chi connectivity index (χ3n) is 6.66. The second-order valence-corrected chi connectivity index (χ2v) is 8.08. The predicted octanol–water partition coefficient (Wildman–Crippen LogP) is 3.08. The molecule has 3 aliphatic rings. The number of nitrogens with zero attached hydrogens (tertiary/aromatic N) is 2. The molecule has 3 atom stereocenters. The number of carbonyl (C=O) groups excluding carboxylic acids is 2. The third kappa shape index (κ3) is 2.26. The van der Waals surface area contributed by atoms with Crippen molar-refractivity contribution in [2.75, 3.05) is 13.2 Å². The lowest BCUT2D eigenvalue weighted by molar-refractivity contribution is -0.138. The molecule has 2 aromatic carbocycles. The van der Waals surface area contributed by atoms with E-state index in [9.17, 15) is 9.59 Å². The van der Waals surface area contributed by atoms with Gasteiger partial charge in [0.15, 0.2) is 5.72 Å². The van der Waals surface area contributed by atoms with Crippen LogP contribution in [-0.4, -0.2) is 51.5 Å². The van der Waals surface area contributed by atoms with E-state index < -0.39 is 5.72 Å². The Hall–Kier alpha value is -3.12. The van der Waals surface area contributed by atoms with Gasteiger partial charge in [-0.1, -0.05) is 48.5 Å². The first-order chi connectivity index (χ1) is 14.2. The minimum atomic E-state index is -0.695. The van der Waals surface area contributed by atoms with Crippen molar-refractivity contribution < 1.29 is 14.3 Å². The maximum Gasteiger partial charge on any atom is 0.270 e. The third-order valence-corrected chi connectivity index (χ3v) is 6.66. The number of ether oxygens (including phenoxy) is 1. The van der Waals surface area contributed by atoms with Gasteiger partial charge < -0.3 is 19.5 Å². The van der Waals surface area contributed by atoms with Gasteiger partial charge in [-0.05, 0) is 17.7 Å². The quantitative estimate of drug-likeness (QED) is 0.735. The van der Waals surface area contributed by atoms with Crippen molar-refractivity contribution in [1.82, 2.24) is 14.8 Å². The highest BCUT2D eigenvalue weighted by Gasteiger charge is 2.65. The van der Waals surface area contributed by atoms with Crippen LogP contribution in [0.25, 0.3) is 10.9 Å². The lowest BCUT2D eigenvalue weighted by atomic mass is 10.0. The monoisotopic (exact) mass is 387 g/mol. The Morgan fingerprint density at radius 2 is 1.90 bits per heavy atom. The van der Waals surface area contributed by atoms with Gasteiger partial charge in [-0.15, -0.1) is 0 Å². The molecule has 4 heterocycles.